The zero-order chi connectivity index (χ0) is 9.52. The second kappa shape index (κ2) is 6.44. The van der Waals surface area contributed by atoms with Crippen LogP contribution in [0.4, 0.5) is 0 Å². The third-order valence-electron chi connectivity index (χ3n) is 2.82. The smallest absolute Gasteiger partial charge is 0.142 e. The summed E-state index contributed by atoms with van der Waals surface area (Å²) in [6.07, 6.45) is 8.15. The normalized spacial score (nSPS) is 33.6. The Morgan fingerprint density at radius 2 is 1.62 bits per heavy atom. The highest BCUT2D eigenvalue weighted by molar-refractivity contribution is 6.11. The molecule has 0 spiro atoms. The molecule has 3 heteroatoms. The van der Waals surface area contributed by atoms with Crippen LogP contribution in [-0.2, 0) is 4.74 Å². The van der Waals surface area contributed by atoms with E-state index in [9.17, 15) is 5.11 Å². The Morgan fingerprint density at radius 1 is 1.00 bits per heavy atom. The van der Waals surface area contributed by atoms with Crippen molar-refractivity contribution in [2.45, 2.75) is 57.1 Å². The predicted molar refractivity (Wildman–Crippen MR) is 56.6 cm³/mol. The molecule has 1 N–H and O–H groups in total. The van der Waals surface area contributed by atoms with Gasteiger partial charge in [-0.3, -0.25) is 0 Å². The van der Waals surface area contributed by atoms with E-state index in [1.54, 1.807) is 0 Å². The minimum atomic E-state index is -0.252. The number of aliphatic hydroxyl groups is 1. The molecule has 1 aliphatic rings. The first kappa shape index (κ1) is 11.1. The van der Waals surface area contributed by atoms with Gasteiger partial charge < -0.3 is 9.84 Å². The first-order valence-corrected chi connectivity index (χ1v) is 5.60. The lowest BCUT2D eigenvalue weighted by Gasteiger charge is -2.18. The van der Waals surface area contributed by atoms with Crippen molar-refractivity contribution >= 4 is 7.85 Å². The van der Waals surface area contributed by atoms with E-state index in [4.69, 9.17) is 4.74 Å². The van der Waals surface area contributed by atoms with Crippen LogP contribution in [0.15, 0.2) is 0 Å². The molecule has 0 radical (unpaired) electrons. The molecule has 0 aromatic heterocycles. The van der Waals surface area contributed by atoms with Crippen molar-refractivity contribution in [1.82, 2.24) is 0 Å². The molecule has 2 atom stereocenters. The van der Waals surface area contributed by atoms with E-state index >= 15 is 0 Å². The summed E-state index contributed by atoms with van der Waals surface area (Å²) in [5.41, 5.74) is 0. The maximum Gasteiger partial charge on any atom is 0.142 e. The Hall–Kier alpha value is -0.0151. The first-order chi connectivity index (χ1) is 6.30. The van der Waals surface area contributed by atoms with Gasteiger partial charge in [-0.25, -0.2) is 0 Å². The van der Waals surface area contributed by atoms with E-state index in [0.29, 0.717) is 0 Å². The van der Waals surface area contributed by atoms with Crippen molar-refractivity contribution in [2.75, 3.05) is 6.61 Å². The minimum absolute atomic E-state index is 0.0260. The fourth-order valence-electron chi connectivity index (χ4n) is 1.78. The molecule has 0 aromatic carbocycles. The molecule has 0 bridgehead atoms. The highest BCUT2D eigenvalue weighted by Gasteiger charge is 2.14. The van der Waals surface area contributed by atoms with Gasteiger partial charge in [-0.15, -0.1) is 0 Å². The van der Waals surface area contributed by atoms with Crippen molar-refractivity contribution in [3.63, 3.8) is 0 Å². The molecule has 1 heterocycles. The molecule has 1 aliphatic heterocycles. The molecule has 2 nitrogen and oxygen atoms in total. The van der Waals surface area contributed by atoms with Crippen molar-refractivity contribution in [3.8, 4) is 0 Å². The molecule has 76 valence electrons. The first-order valence-electron chi connectivity index (χ1n) is 5.60. The molecule has 13 heavy (non-hydrogen) atoms. The molecule has 1 saturated heterocycles. The number of ether oxygens (including phenoxy) is 1. The molecule has 0 saturated carbocycles. The van der Waals surface area contributed by atoms with E-state index < -0.39 is 0 Å². The Bertz CT molecular complexity index is 116. The summed E-state index contributed by atoms with van der Waals surface area (Å²) in [5, 5.41) is 9.67. The van der Waals surface area contributed by atoms with Crippen molar-refractivity contribution in [3.05, 3.63) is 0 Å². The summed E-state index contributed by atoms with van der Waals surface area (Å²) in [6.45, 7) is 0.818. The van der Waals surface area contributed by atoms with Crippen LogP contribution >= 0.6 is 0 Å². The standard InChI is InChI=1S/C10H21BO2/c11-10-9(12)7-5-3-1-2-4-6-8-13-10/h9-10,12H,1-8,11H2. The van der Waals surface area contributed by atoms with E-state index in [2.05, 4.69) is 0 Å². The number of rotatable bonds is 0. The van der Waals surface area contributed by atoms with Gasteiger partial charge in [0, 0.05) is 12.6 Å². The van der Waals surface area contributed by atoms with Gasteiger partial charge in [-0.1, -0.05) is 32.1 Å². The van der Waals surface area contributed by atoms with Crippen LogP contribution in [0.3, 0.4) is 0 Å². The summed E-state index contributed by atoms with van der Waals surface area (Å²) < 4.78 is 5.54. The molecule has 0 amide bonds. The van der Waals surface area contributed by atoms with Crippen molar-refractivity contribution < 1.29 is 9.84 Å². The van der Waals surface area contributed by atoms with Gasteiger partial charge in [0.05, 0.1) is 6.10 Å². The fourth-order valence-corrected chi connectivity index (χ4v) is 1.78. The summed E-state index contributed by atoms with van der Waals surface area (Å²) in [5.74, 6) is 0. The zero-order valence-corrected chi connectivity index (χ0v) is 8.67. The minimum Gasteiger partial charge on any atom is -0.391 e. The Labute approximate surface area is 82.1 Å². The fraction of sp³-hybridized carbons (Fsp3) is 1.00. The highest BCUT2D eigenvalue weighted by Crippen LogP contribution is 2.13. The van der Waals surface area contributed by atoms with Crippen molar-refractivity contribution in [2.24, 2.45) is 0 Å². The van der Waals surface area contributed by atoms with E-state index in [1.165, 1.54) is 25.7 Å². The Morgan fingerprint density at radius 3 is 2.38 bits per heavy atom. The maximum atomic E-state index is 9.67. The number of hydrogen-bond acceptors (Lipinski definition) is 2. The van der Waals surface area contributed by atoms with E-state index in [0.717, 1.165) is 25.9 Å². The van der Waals surface area contributed by atoms with Gasteiger partial charge in [-0.05, 0) is 12.8 Å². The molecule has 0 aliphatic carbocycles. The molecule has 1 rings (SSSR count). The Kier molecular flexibility index (Phi) is 5.48. The van der Waals surface area contributed by atoms with Crippen LogP contribution in [0.5, 0.6) is 0 Å². The number of aliphatic hydroxyl groups excluding tert-OH is 1. The van der Waals surface area contributed by atoms with Gasteiger partial charge in [0.2, 0.25) is 0 Å². The average molecular weight is 184 g/mol. The third kappa shape index (κ3) is 4.68. The summed E-state index contributed by atoms with van der Waals surface area (Å²) in [7, 11) is 1.97. The third-order valence-corrected chi connectivity index (χ3v) is 2.82. The van der Waals surface area contributed by atoms with Crippen LogP contribution in [-0.4, -0.2) is 31.7 Å². The average Bonchev–Trinajstić information content (AvgIpc) is 2.16. The molecule has 0 aromatic rings. The second-order valence-corrected chi connectivity index (χ2v) is 4.05. The van der Waals surface area contributed by atoms with Gasteiger partial charge >= 0.3 is 0 Å². The predicted octanol–water partition coefficient (Wildman–Crippen LogP) is 1.07. The maximum absolute atomic E-state index is 9.67. The SMILES string of the molecule is BC1OCCCCCCCCC1O. The van der Waals surface area contributed by atoms with Crippen LogP contribution in [0.25, 0.3) is 0 Å². The molecular formula is C10H21BO2. The molecule has 2 unspecified atom stereocenters. The number of hydrogen-bond donors (Lipinski definition) is 1. The van der Waals surface area contributed by atoms with Crippen molar-refractivity contribution in [1.29, 1.82) is 0 Å². The second-order valence-electron chi connectivity index (χ2n) is 4.05. The van der Waals surface area contributed by atoms with Gasteiger partial charge in [0.15, 0.2) is 0 Å². The quantitative estimate of drug-likeness (QED) is 0.570. The van der Waals surface area contributed by atoms with Crippen LogP contribution in [0.1, 0.15) is 44.9 Å². The van der Waals surface area contributed by atoms with E-state index in [-0.39, 0.29) is 12.1 Å². The molecular weight excluding hydrogens is 163 g/mol. The Balaban J connectivity index is 2.26. The van der Waals surface area contributed by atoms with Gasteiger partial charge in [-0.2, -0.15) is 0 Å². The summed E-state index contributed by atoms with van der Waals surface area (Å²) in [6, 6.07) is 0.0260. The topological polar surface area (TPSA) is 29.5 Å². The zero-order valence-electron chi connectivity index (χ0n) is 8.67. The van der Waals surface area contributed by atoms with E-state index in [1.807, 2.05) is 7.85 Å². The van der Waals surface area contributed by atoms with Crippen LogP contribution in [0.2, 0.25) is 0 Å². The lowest BCUT2D eigenvalue weighted by Crippen LogP contribution is -2.29. The lowest BCUT2D eigenvalue weighted by molar-refractivity contribution is 0.00423. The monoisotopic (exact) mass is 184 g/mol. The van der Waals surface area contributed by atoms with Gasteiger partial charge in [0.25, 0.3) is 0 Å². The summed E-state index contributed by atoms with van der Waals surface area (Å²) in [4.78, 5) is 0. The largest absolute Gasteiger partial charge is 0.391 e. The molecule has 1 fully saturated rings. The van der Waals surface area contributed by atoms with Crippen LogP contribution in [0, 0.1) is 0 Å². The van der Waals surface area contributed by atoms with Gasteiger partial charge in [0.1, 0.15) is 7.85 Å². The summed E-state index contributed by atoms with van der Waals surface area (Å²) >= 11 is 0. The van der Waals surface area contributed by atoms with Crippen LogP contribution < -0.4 is 0 Å². The lowest BCUT2D eigenvalue weighted by atomic mass is 9.91. The highest BCUT2D eigenvalue weighted by atomic mass is 16.5.